The van der Waals surface area contributed by atoms with Gasteiger partial charge in [-0.3, -0.25) is 9.20 Å². The molecule has 1 N–H and O–H groups in total. The smallest absolute Gasteiger partial charge is 0.309 e. The number of aliphatic carboxylic acids is 1. The number of carboxylic acids is 1. The van der Waals surface area contributed by atoms with Crippen molar-refractivity contribution in [2.75, 3.05) is 0 Å². The molecule has 0 aliphatic rings. The van der Waals surface area contributed by atoms with Crippen LogP contribution in [0.15, 0.2) is 29.6 Å². The number of hydrogen-bond donors (Lipinski definition) is 1. The summed E-state index contributed by atoms with van der Waals surface area (Å²) < 4.78 is 1.94. The van der Waals surface area contributed by atoms with E-state index in [0.717, 1.165) is 27.6 Å². The summed E-state index contributed by atoms with van der Waals surface area (Å²) in [4.78, 5) is 16.6. The van der Waals surface area contributed by atoms with Gasteiger partial charge in [0.1, 0.15) is 0 Å². The fourth-order valence-electron chi connectivity index (χ4n) is 2.31. The minimum Gasteiger partial charge on any atom is -0.481 e. The Kier molecular flexibility index (Phi) is 3.06. The van der Waals surface area contributed by atoms with Crippen molar-refractivity contribution in [1.82, 2.24) is 9.38 Å². The number of fused-ring (bicyclic) bond motifs is 1. The molecular weight excluding hydrogens is 272 g/mol. The topological polar surface area (TPSA) is 54.6 Å². The van der Waals surface area contributed by atoms with Crippen LogP contribution in [-0.4, -0.2) is 20.5 Å². The van der Waals surface area contributed by atoms with Crippen molar-refractivity contribution in [3.63, 3.8) is 0 Å². The van der Waals surface area contributed by atoms with E-state index in [1.165, 1.54) is 16.9 Å². The summed E-state index contributed by atoms with van der Waals surface area (Å²) in [6, 6.07) is 8.01. The summed E-state index contributed by atoms with van der Waals surface area (Å²) in [5.41, 5.74) is 4.66. The van der Waals surface area contributed by atoms with Gasteiger partial charge in [-0.15, -0.1) is 11.3 Å². The molecule has 4 nitrogen and oxygen atoms in total. The average molecular weight is 286 g/mol. The molecule has 0 saturated carbocycles. The van der Waals surface area contributed by atoms with Gasteiger partial charge in [-0.25, -0.2) is 4.98 Å². The molecule has 1 aromatic carbocycles. The third-order valence-electron chi connectivity index (χ3n) is 3.27. The Morgan fingerprint density at radius 3 is 2.65 bits per heavy atom. The van der Waals surface area contributed by atoms with Crippen LogP contribution in [0.4, 0.5) is 0 Å². The minimum atomic E-state index is -0.842. The van der Waals surface area contributed by atoms with Gasteiger partial charge >= 0.3 is 5.97 Å². The summed E-state index contributed by atoms with van der Waals surface area (Å²) in [7, 11) is 0. The summed E-state index contributed by atoms with van der Waals surface area (Å²) in [5.74, 6) is -0.842. The van der Waals surface area contributed by atoms with E-state index in [0.29, 0.717) is 0 Å². The first-order valence-electron chi connectivity index (χ1n) is 6.30. The molecule has 0 saturated heterocycles. The molecule has 5 heteroatoms. The molecule has 0 atom stereocenters. The Balaban J connectivity index is 2.23. The number of hydrogen-bond acceptors (Lipinski definition) is 3. The van der Waals surface area contributed by atoms with Crippen molar-refractivity contribution in [2.24, 2.45) is 0 Å². The summed E-state index contributed by atoms with van der Waals surface area (Å²) >= 11 is 1.53. The third kappa shape index (κ3) is 2.10. The molecule has 0 radical (unpaired) electrons. The number of aromatic nitrogens is 2. The van der Waals surface area contributed by atoms with E-state index in [1.54, 1.807) is 0 Å². The van der Waals surface area contributed by atoms with Crippen molar-refractivity contribution in [2.45, 2.75) is 20.3 Å². The normalized spacial score (nSPS) is 11.1. The predicted molar refractivity (Wildman–Crippen MR) is 79.3 cm³/mol. The van der Waals surface area contributed by atoms with Gasteiger partial charge in [0, 0.05) is 16.6 Å². The van der Waals surface area contributed by atoms with Crippen LogP contribution in [0, 0.1) is 13.8 Å². The monoisotopic (exact) mass is 286 g/mol. The number of benzene rings is 1. The lowest BCUT2D eigenvalue weighted by Crippen LogP contribution is -2.05. The van der Waals surface area contributed by atoms with Gasteiger partial charge in [-0.2, -0.15) is 0 Å². The van der Waals surface area contributed by atoms with E-state index in [9.17, 15) is 4.79 Å². The van der Waals surface area contributed by atoms with Crippen LogP contribution in [0.1, 0.15) is 17.0 Å². The number of aryl methyl sites for hydroxylation is 2. The molecule has 102 valence electrons. The van der Waals surface area contributed by atoms with Crippen molar-refractivity contribution in [1.29, 1.82) is 0 Å². The highest BCUT2D eigenvalue weighted by Gasteiger charge is 2.18. The first-order chi connectivity index (χ1) is 9.56. The molecule has 0 bridgehead atoms. The lowest BCUT2D eigenvalue weighted by Gasteiger charge is -2.03. The van der Waals surface area contributed by atoms with E-state index in [-0.39, 0.29) is 6.42 Å². The maximum Gasteiger partial charge on any atom is 0.309 e. The van der Waals surface area contributed by atoms with Gasteiger partial charge < -0.3 is 5.11 Å². The molecule has 0 fully saturated rings. The second-order valence-corrected chi connectivity index (χ2v) is 5.68. The SMILES string of the molecule is Cc1ccc(-c2nc3scc(C)n3c2CC(=O)O)cc1. The quantitative estimate of drug-likeness (QED) is 0.803. The predicted octanol–water partition coefficient (Wildman–Crippen LogP) is 3.31. The Hall–Kier alpha value is -2.14. The Morgan fingerprint density at radius 2 is 2.00 bits per heavy atom. The molecule has 0 amide bonds. The molecule has 20 heavy (non-hydrogen) atoms. The van der Waals surface area contributed by atoms with Crippen molar-refractivity contribution in [3.8, 4) is 11.3 Å². The molecule has 0 spiro atoms. The molecule has 3 aromatic rings. The van der Waals surface area contributed by atoms with E-state index < -0.39 is 5.97 Å². The average Bonchev–Trinajstić information content (AvgIpc) is 2.92. The third-order valence-corrected chi connectivity index (χ3v) is 4.22. The second kappa shape index (κ2) is 4.76. The highest BCUT2D eigenvalue weighted by molar-refractivity contribution is 7.15. The first-order valence-corrected chi connectivity index (χ1v) is 7.18. The number of nitrogens with zero attached hydrogens (tertiary/aromatic N) is 2. The van der Waals surface area contributed by atoms with Crippen molar-refractivity contribution in [3.05, 3.63) is 46.6 Å². The zero-order valence-corrected chi connectivity index (χ0v) is 12.1. The summed E-state index contributed by atoms with van der Waals surface area (Å²) in [5, 5.41) is 11.1. The number of imidazole rings is 1. The maximum absolute atomic E-state index is 11.1. The first kappa shape index (κ1) is 12.9. The molecule has 2 aromatic heterocycles. The van der Waals surface area contributed by atoms with Crippen LogP contribution in [0.5, 0.6) is 0 Å². The highest BCUT2D eigenvalue weighted by atomic mass is 32.1. The van der Waals surface area contributed by atoms with Crippen molar-refractivity contribution >= 4 is 22.3 Å². The van der Waals surface area contributed by atoms with Crippen LogP contribution in [-0.2, 0) is 11.2 Å². The molecule has 2 heterocycles. The zero-order valence-electron chi connectivity index (χ0n) is 11.3. The van der Waals surface area contributed by atoms with Crippen molar-refractivity contribution < 1.29 is 9.90 Å². The van der Waals surface area contributed by atoms with E-state index in [4.69, 9.17) is 5.11 Å². The number of thiazole rings is 1. The van der Waals surface area contributed by atoms with Gasteiger partial charge in [0.25, 0.3) is 0 Å². The fraction of sp³-hybridized carbons (Fsp3) is 0.200. The molecular formula is C15H14N2O2S. The molecule has 0 aliphatic carbocycles. The van der Waals surface area contributed by atoms with Gasteiger partial charge in [-0.1, -0.05) is 29.8 Å². The van der Waals surface area contributed by atoms with E-state index in [1.807, 2.05) is 47.9 Å². The lowest BCUT2D eigenvalue weighted by molar-refractivity contribution is -0.136. The Morgan fingerprint density at radius 1 is 1.30 bits per heavy atom. The highest BCUT2D eigenvalue weighted by Crippen LogP contribution is 2.29. The van der Waals surface area contributed by atoms with Gasteiger partial charge in [0.2, 0.25) is 0 Å². The molecule has 3 rings (SSSR count). The molecule has 0 unspecified atom stereocenters. The maximum atomic E-state index is 11.1. The second-order valence-electron chi connectivity index (χ2n) is 4.84. The Bertz CT molecular complexity index is 784. The van der Waals surface area contributed by atoms with Crippen LogP contribution >= 0.6 is 11.3 Å². The molecule has 0 aliphatic heterocycles. The van der Waals surface area contributed by atoms with Crippen LogP contribution in [0.25, 0.3) is 16.2 Å². The van der Waals surface area contributed by atoms with E-state index in [2.05, 4.69) is 4.98 Å². The van der Waals surface area contributed by atoms with Crippen LogP contribution in [0.2, 0.25) is 0 Å². The minimum absolute atomic E-state index is 0.0258. The van der Waals surface area contributed by atoms with Gasteiger partial charge in [0.05, 0.1) is 17.8 Å². The summed E-state index contributed by atoms with van der Waals surface area (Å²) in [6.45, 7) is 3.99. The fourth-order valence-corrected chi connectivity index (χ4v) is 3.20. The zero-order chi connectivity index (χ0) is 14.3. The largest absolute Gasteiger partial charge is 0.481 e. The lowest BCUT2D eigenvalue weighted by atomic mass is 10.1. The van der Waals surface area contributed by atoms with Gasteiger partial charge in [0.15, 0.2) is 4.96 Å². The van der Waals surface area contributed by atoms with E-state index >= 15 is 0 Å². The number of carbonyl (C=O) groups is 1. The number of rotatable bonds is 3. The van der Waals surface area contributed by atoms with Crippen LogP contribution in [0.3, 0.4) is 0 Å². The number of carboxylic acid groups (broad SMARTS) is 1. The summed E-state index contributed by atoms with van der Waals surface area (Å²) in [6.07, 6.45) is -0.0258. The Labute approximate surface area is 120 Å². The van der Waals surface area contributed by atoms with Gasteiger partial charge in [-0.05, 0) is 13.8 Å². The van der Waals surface area contributed by atoms with Crippen LogP contribution < -0.4 is 0 Å². The standard InChI is InChI=1S/C15H14N2O2S/c1-9-3-5-11(6-4-9)14-12(7-13(18)19)17-10(2)8-20-15(17)16-14/h3-6,8H,7H2,1-2H3,(H,18,19).